The SMILES string of the molecule is C1CC1.C=O.CC.CC1CC1.CC1CCCN1C(=O)CC(C)(C)C.CCC.CNC=O.COC.Nc1cccc(C(F)(F)F)c1.O=C(O)N1Cc2cccc(Cl)c2C1.O=CNC1CC1. The lowest BCUT2D eigenvalue weighted by molar-refractivity contribution is -0.137. The summed E-state index contributed by atoms with van der Waals surface area (Å²) in [6.07, 6.45) is 10.3. The first-order valence-corrected chi connectivity index (χ1v) is 22.5. The molecule has 0 radical (unpaired) electrons. The number of carboxylic acid groups (broad SMARTS) is 1. The number of rotatable bonds is 4. The number of methoxy groups -OCH3 is 1. The Morgan fingerprint density at radius 2 is 1.39 bits per heavy atom. The molecule has 3 saturated carbocycles. The molecule has 4 fully saturated rings. The fourth-order valence-corrected chi connectivity index (χ4v) is 4.86. The number of nitrogen functional groups attached to an aromatic ring is 1. The summed E-state index contributed by atoms with van der Waals surface area (Å²) in [4.78, 5) is 52.4. The van der Waals surface area contributed by atoms with E-state index >= 15 is 0 Å². The molecular weight excluding hydrogens is 851 g/mol. The monoisotopic (exact) mass is 934 g/mol. The Hall–Kier alpha value is -4.37. The van der Waals surface area contributed by atoms with Crippen molar-refractivity contribution in [2.24, 2.45) is 11.3 Å². The van der Waals surface area contributed by atoms with Crippen LogP contribution in [0.4, 0.5) is 23.7 Å². The van der Waals surface area contributed by atoms with Gasteiger partial charge in [-0.15, -0.1) is 0 Å². The summed E-state index contributed by atoms with van der Waals surface area (Å²) < 4.78 is 40.0. The zero-order valence-electron chi connectivity index (χ0n) is 40.9. The van der Waals surface area contributed by atoms with E-state index in [0.29, 0.717) is 48.9 Å². The van der Waals surface area contributed by atoms with Gasteiger partial charge in [0, 0.05) is 63.6 Å². The van der Waals surface area contributed by atoms with Crippen LogP contribution in [0.5, 0.6) is 0 Å². The Labute approximate surface area is 388 Å². The second-order valence-electron chi connectivity index (χ2n) is 16.3. The molecule has 2 aliphatic heterocycles. The van der Waals surface area contributed by atoms with Crippen molar-refractivity contribution in [3.8, 4) is 0 Å². The number of likely N-dealkylation sites (tertiary alicyclic amines) is 1. The Balaban J connectivity index is -0.000000331. The molecule has 12 nitrogen and oxygen atoms in total. The molecule has 4 amide bonds. The summed E-state index contributed by atoms with van der Waals surface area (Å²) in [5, 5.41) is 14.3. The van der Waals surface area contributed by atoms with Gasteiger partial charge in [-0.25, -0.2) is 4.79 Å². The van der Waals surface area contributed by atoms with E-state index in [1.807, 2.05) is 37.7 Å². The molecule has 16 heteroatoms. The van der Waals surface area contributed by atoms with Crippen molar-refractivity contribution in [2.45, 2.75) is 164 Å². The van der Waals surface area contributed by atoms with Crippen molar-refractivity contribution in [2.75, 3.05) is 33.5 Å². The molecule has 64 heavy (non-hydrogen) atoms. The van der Waals surface area contributed by atoms with E-state index in [1.165, 1.54) is 81.2 Å². The zero-order valence-corrected chi connectivity index (χ0v) is 41.7. The van der Waals surface area contributed by atoms with E-state index in [9.17, 15) is 27.6 Å². The number of carbonyl (C=O) groups excluding carboxylic acids is 4. The molecule has 2 aromatic carbocycles. The third-order valence-corrected chi connectivity index (χ3v) is 8.54. The Kier molecular flexibility index (Phi) is 41.6. The van der Waals surface area contributed by atoms with Crippen LogP contribution >= 0.6 is 11.6 Å². The topological polar surface area (TPSA) is 171 Å². The molecular formula is C48H83ClF3N5O7. The van der Waals surface area contributed by atoms with Gasteiger partial charge in [0.2, 0.25) is 18.7 Å². The average Bonchev–Trinajstić information content (AvgIpc) is 4.18. The number of amides is 4. The van der Waals surface area contributed by atoms with Crippen LogP contribution in [0.3, 0.4) is 0 Å². The van der Waals surface area contributed by atoms with Gasteiger partial charge in [-0.3, -0.25) is 19.3 Å². The Morgan fingerprint density at radius 1 is 0.906 bits per heavy atom. The number of anilines is 1. The first-order valence-electron chi connectivity index (χ1n) is 22.1. The quantitative estimate of drug-likeness (QED) is 0.173. The van der Waals surface area contributed by atoms with E-state index in [0.717, 1.165) is 42.1 Å². The van der Waals surface area contributed by atoms with Crippen LogP contribution < -0.4 is 16.4 Å². The van der Waals surface area contributed by atoms with Gasteiger partial charge in [0.15, 0.2) is 0 Å². The minimum absolute atomic E-state index is 0.124. The minimum Gasteiger partial charge on any atom is -0.465 e. The first-order chi connectivity index (χ1) is 30.1. The summed E-state index contributed by atoms with van der Waals surface area (Å²) in [7, 11) is 4.81. The number of hydrogen-bond acceptors (Lipinski definition) is 7. The maximum Gasteiger partial charge on any atom is 0.416 e. The number of carbonyl (C=O) groups is 5. The van der Waals surface area contributed by atoms with Gasteiger partial charge in [-0.2, -0.15) is 13.2 Å². The predicted octanol–water partition coefficient (Wildman–Crippen LogP) is 11.4. The fourth-order valence-electron chi connectivity index (χ4n) is 4.60. The van der Waals surface area contributed by atoms with E-state index in [4.69, 9.17) is 32.0 Å². The van der Waals surface area contributed by atoms with Gasteiger partial charge in [-0.1, -0.05) is 124 Å². The second kappa shape index (κ2) is 40.2. The van der Waals surface area contributed by atoms with Gasteiger partial charge in [0.05, 0.1) is 12.1 Å². The summed E-state index contributed by atoms with van der Waals surface area (Å²) in [6.45, 7) is 22.8. The second-order valence-corrected chi connectivity index (χ2v) is 16.7. The maximum atomic E-state index is 11.9. The number of fused-ring (bicyclic) bond motifs is 1. The van der Waals surface area contributed by atoms with E-state index in [1.54, 1.807) is 27.3 Å². The van der Waals surface area contributed by atoms with E-state index in [2.05, 4.69) is 63.8 Å². The fraction of sp³-hybridized carbons (Fsp3) is 0.646. The average molecular weight is 935 g/mol. The highest BCUT2D eigenvalue weighted by atomic mass is 35.5. The number of hydrogen-bond donors (Lipinski definition) is 4. The van der Waals surface area contributed by atoms with E-state index < -0.39 is 17.8 Å². The summed E-state index contributed by atoms with van der Waals surface area (Å²) in [5.74, 6) is 1.41. The zero-order chi connectivity index (χ0) is 50.3. The van der Waals surface area contributed by atoms with Crippen molar-refractivity contribution in [3.63, 3.8) is 0 Å². The number of nitrogens with zero attached hydrogens (tertiary/aromatic N) is 2. The van der Waals surface area contributed by atoms with Crippen LogP contribution in [-0.4, -0.2) is 86.4 Å². The lowest BCUT2D eigenvalue weighted by Crippen LogP contribution is -2.35. The third-order valence-electron chi connectivity index (χ3n) is 8.18. The number of nitrogens with one attached hydrogen (secondary N) is 2. The van der Waals surface area contributed by atoms with Crippen molar-refractivity contribution in [1.82, 2.24) is 20.4 Å². The van der Waals surface area contributed by atoms with Crippen LogP contribution in [0.15, 0.2) is 42.5 Å². The highest BCUT2D eigenvalue weighted by molar-refractivity contribution is 6.31. The molecule has 5 N–H and O–H groups in total. The Bertz CT molecular complexity index is 1480. The number of nitrogens with two attached hydrogens (primary N) is 1. The highest BCUT2D eigenvalue weighted by Gasteiger charge is 2.30. The molecule has 0 bridgehead atoms. The van der Waals surface area contributed by atoms with Gasteiger partial charge >= 0.3 is 12.3 Å². The largest absolute Gasteiger partial charge is 0.465 e. The van der Waals surface area contributed by atoms with Crippen LogP contribution in [-0.2, 0) is 43.2 Å². The Morgan fingerprint density at radius 3 is 1.67 bits per heavy atom. The van der Waals surface area contributed by atoms with Crippen LogP contribution in [0.25, 0.3) is 0 Å². The standard InChI is InChI=1S/C11H21NO.C9H8ClNO2.C7H6F3N.C4H7NO.C4H8.C3H6.C3H8.C2H5NO.C2H6O.C2H6.CH2O/c1-9-6-5-7-12(9)10(13)8-11(2,3)4;10-8-3-1-2-6-4-11(9(12)13)5-7(6)8;8-7(9,10)5-2-1-3-6(11)4-5;6-3-5-4-1-2-4;1-4-2-3-4;1-2-3-1;1-3-2;1-3-2-4;1-3-2;2*1-2/h9H,5-8H2,1-4H3;1-3H,4-5H2,(H,12,13);1-4H,11H2;3-4H,1-2H2,(H,5,6);4H,2-3H2,1H3;1-3H2;3H2,1-2H3;2H,1H3,(H,3,4);1-2H3;1-2H3;1H2. The van der Waals surface area contributed by atoms with Crippen molar-refractivity contribution >= 4 is 48.9 Å². The normalized spacial score (nSPS) is 15.4. The first kappa shape index (κ1) is 66.2. The molecule has 1 unspecified atom stereocenters. The lowest BCUT2D eigenvalue weighted by Gasteiger charge is -2.26. The number of halogens is 4. The lowest BCUT2D eigenvalue weighted by atomic mass is 9.91. The van der Waals surface area contributed by atoms with Gasteiger partial charge in [0.1, 0.15) is 6.79 Å². The molecule has 7 rings (SSSR count). The smallest absolute Gasteiger partial charge is 0.416 e. The molecule has 370 valence electrons. The van der Waals surface area contributed by atoms with Crippen molar-refractivity contribution < 1.29 is 47.0 Å². The number of ether oxygens (including phenoxy) is 1. The van der Waals surface area contributed by atoms with Gasteiger partial charge in [-0.05, 0) is 79.3 Å². The van der Waals surface area contributed by atoms with Crippen molar-refractivity contribution in [3.05, 3.63) is 64.2 Å². The van der Waals surface area contributed by atoms with Crippen molar-refractivity contribution in [1.29, 1.82) is 0 Å². The van der Waals surface area contributed by atoms with Crippen LogP contribution in [0.1, 0.15) is 150 Å². The summed E-state index contributed by atoms with van der Waals surface area (Å²) in [6, 6.07) is 11.1. The molecule has 1 saturated heterocycles. The third kappa shape index (κ3) is 40.4. The molecule has 0 spiro atoms. The van der Waals surface area contributed by atoms with Gasteiger partial charge in [0.25, 0.3) is 0 Å². The number of alkyl halides is 3. The predicted molar refractivity (Wildman–Crippen MR) is 256 cm³/mol. The van der Waals surface area contributed by atoms with E-state index in [-0.39, 0.29) is 11.1 Å². The van der Waals surface area contributed by atoms with Crippen LogP contribution in [0, 0.1) is 11.3 Å². The molecule has 0 aromatic heterocycles. The van der Waals surface area contributed by atoms with Gasteiger partial charge < -0.3 is 35.9 Å². The number of benzene rings is 2. The highest BCUT2D eigenvalue weighted by Crippen LogP contribution is 2.31. The summed E-state index contributed by atoms with van der Waals surface area (Å²) >= 11 is 5.92. The molecule has 1 atom stereocenters. The molecule has 2 heterocycles. The summed E-state index contributed by atoms with van der Waals surface area (Å²) in [5.41, 5.74) is 6.64. The van der Waals surface area contributed by atoms with Crippen LogP contribution in [0.2, 0.25) is 5.02 Å². The molecule has 3 aliphatic carbocycles. The minimum atomic E-state index is -4.30. The maximum absolute atomic E-state index is 11.9. The molecule has 2 aromatic rings. The molecule has 5 aliphatic rings.